The van der Waals surface area contributed by atoms with Gasteiger partial charge in [0.25, 0.3) is 5.91 Å². The second kappa shape index (κ2) is 8.92. The van der Waals surface area contributed by atoms with Gasteiger partial charge in [-0.05, 0) is 67.1 Å². The number of aliphatic hydroxyl groups excluding tert-OH is 1. The van der Waals surface area contributed by atoms with E-state index in [4.69, 9.17) is 0 Å². The van der Waals surface area contributed by atoms with Gasteiger partial charge < -0.3 is 15.3 Å². The number of piperidine rings is 1. The highest BCUT2D eigenvalue weighted by Crippen LogP contribution is 2.22. The van der Waals surface area contributed by atoms with Gasteiger partial charge in [-0.3, -0.25) is 9.78 Å². The molecule has 1 fully saturated rings. The number of pyridine rings is 1. The Morgan fingerprint density at radius 2 is 2.12 bits per heavy atom. The highest BCUT2D eigenvalue weighted by atomic mass is 16.3. The van der Waals surface area contributed by atoms with E-state index in [1.165, 1.54) is 0 Å². The quantitative estimate of drug-likeness (QED) is 0.837. The Kier molecular flexibility index (Phi) is 6.36. The van der Waals surface area contributed by atoms with E-state index in [2.05, 4.69) is 15.2 Å². The Bertz CT molecular complexity index is 730. The van der Waals surface area contributed by atoms with E-state index >= 15 is 0 Å². The molecule has 26 heavy (non-hydrogen) atoms. The van der Waals surface area contributed by atoms with E-state index in [-0.39, 0.29) is 12.5 Å². The van der Waals surface area contributed by atoms with Gasteiger partial charge >= 0.3 is 0 Å². The Hall–Kier alpha value is -2.24. The van der Waals surface area contributed by atoms with Crippen LogP contribution in [0, 0.1) is 12.8 Å². The number of nitrogens with one attached hydrogen (secondary N) is 1. The summed E-state index contributed by atoms with van der Waals surface area (Å²) in [5, 5.41) is 12.3. The fraction of sp³-hybridized carbons (Fsp3) is 0.429. The van der Waals surface area contributed by atoms with Crippen LogP contribution >= 0.6 is 0 Å². The van der Waals surface area contributed by atoms with Gasteiger partial charge in [-0.2, -0.15) is 0 Å². The minimum absolute atomic E-state index is 0.0429. The van der Waals surface area contributed by atoms with Crippen molar-refractivity contribution in [2.24, 2.45) is 5.92 Å². The van der Waals surface area contributed by atoms with Gasteiger partial charge in [0.1, 0.15) is 0 Å². The second-order valence-electron chi connectivity index (χ2n) is 7.02. The summed E-state index contributed by atoms with van der Waals surface area (Å²) >= 11 is 0. The van der Waals surface area contributed by atoms with E-state index in [1.807, 2.05) is 43.5 Å². The predicted molar refractivity (Wildman–Crippen MR) is 103 cm³/mol. The van der Waals surface area contributed by atoms with E-state index in [1.54, 1.807) is 6.20 Å². The molecule has 1 aromatic heterocycles. The molecule has 2 heterocycles. The smallest absolute Gasteiger partial charge is 0.251 e. The zero-order valence-corrected chi connectivity index (χ0v) is 15.3. The predicted octanol–water partition coefficient (Wildman–Crippen LogP) is 2.49. The van der Waals surface area contributed by atoms with Crippen molar-refractivity contribution in [3.63, 3.8) is 0 Å². The monoisotopic (exact) mass is 353 g/mol. The Balaban J connectivity index is 1.51. The van der Waals surface area contributed by atoms with Crippen molar-refractivity contribution in [3.8, 4) is 11.1 Å². The van der Waals surface area contributed by atoms with Crippen molar-refractivity contribution in [2.45, 2.75) is 19.8 Å². The molecular formula is C21H27N3O2. The van der Waals surface area contributed by atoms with E-state index < -0.39 is 0 Å². The van der Waals surface area contributed by atoms with Crippen LogP contribution in [0.15, 0.2) is 42.7 Å². The summed E-state index contributed by atoms with van der Waals surface area (Å²) in [7, 11) is 0. The van der Waals surface area contributed by atoms with Gasteiger partial charge in [0.05, 0.1) is 0 Å². The molecule has 138 valence electrons. The van der Waals surface area contributed by atoms with Gasteiger partial charge in [0.2, 0.25) is 0 Å². The molecular weight excluding hydrogens is 326 g/mol. The fourth-order valence-electron chi connectivity index (χ4n) is 3.53. The molecule has 1 aliphatic heterocycles. The van der Waals surface area contributed by atoms with Gasteiger partial charge in [-0.15, -0.1) is 0 Å². The number of amides is 1. The van der Waals surface area contributed by atoms with Crippen molar-refractivity contribution < 1.29 is 9.90 Å². The summed E-state index contributed by atoms with van der Waals surface area (Å²) in [6.45, 7) is 5.72. The molecule has 0 spiro atoms. The van der Waals surface area contributed by atoms with Crippen LogP contribution in [0.5, 0.6) is 0 Å². The lowest BCUT2D eigenvalue weighted by molar-refractivity contribution is 0.0930. The van der Waals surface area contributed by atoms with E-state index in [9.17, 15) is 9.90 Å². The number of aryl methyl sites for hydroxylation is 1. The van der Waals surface area contributed by atoms with Crippen LogP contribution in [0.1, 0.15) is 28.8 Å². The van der Waals surface area contributed by atoms with Crippen LogP contribution in [0.3, 0.4) is 0 Å². The largest absolute Gasteiger partial charge is 0.396 e. The zero-order chi connectivity index (χ0) is 18.4. The van der Waals surface area contributed by atoms with Crippen molar-refractivity contribution >= 4 is 5.91 Å². The number of aromatic nitrogens is 1. The second-order valence-corrected chi connectivity index (χ2v) is 7.02. The van der Waals surface area contributed by atoms with Gasteiger partial charge in [-0.1, -0.05) is 12.1 Å². The standard InChI is InChI=1S/C21H27N3O2/c1-16-13-22-9-8-20(16)18-4-6-19(7-5-18)21(26)23-10-12-24-11-2-3-17(14-24)15-25/h4-9,13,17,25H,2-3,10-12,14-15H2,1H3,(H,23,26). The Labute approximate surface area is 155 Å². The molecule has 2 N–H and O–H groups in total. The van der Waals surface area contributed by atoms with E-state index in [0.717, 1.165) is 49.2 Å². The Morgan fingerprint density at radius 3 is 2.85 bits per heavy atom. The summed E-state index contributed by atoms with van der Waals surface area (Å²) < 4.78 is 0. The zero-order valence-electron chi connectivity index (χ0n) is 15.3. The lowest BCUT2D eigenvalue weighted by Crippen LogP contribution is -2.41. The van der Waals surface area contributed by atoms with Gasteiger partial charge in [0.15, 0.2) is 0 Å². The summed E-state index contributed by atoms with van der Waals surface area (Å²) in [6, 6.07) is 9.69. The molecule has 1 aromatic carbocycles. The molecule has 2 aromatic rings. The molecule has 1 aliphatic rings. The van der Waals surface area contributed by atoms with Crippen LogP contribution in [0.4, 0.5) is 0 Å². The first-order chi connectivity index (χ1) is 12.7. The minimum Gasteiger partial charge on any atom is -0.396 e. The minimum atomic E-state index is -0.0429. The van der Waals surface area contributed by atoms with Crippen LogP contribution < -0.4 is 5.32 Å². The van der Waals surface area contributed by atoms with Gasteiger partial charge in [0, 0.05) is 44.2 Å². The first-order valence-electron chi connectivity index (χ1n) is 9.30. The lowest BCUT2D eigenvalue weighted by atomic mass is 9.99. The number of carbonyl (C=O) groups is 1. The summed E-state index contributed by atoms with van der Waals surface area (Å²) in [6.07, 6.45) is 5.85. The van der Waals surface area contributed by atoms with Crippen LogP contribution in [-0.4, -0.2) is 53.7 Å². The van der Waals surface area contributed by atoms with Crippen LogP contribution in [0.25, 0.3) is 11.1 Å². The first kappa shape index (κ1) is 18.5. The maximum atomic E-state index is 12.3. The molecule has 5 heteroatoms. The fourth-order valence-corrected chi connectivity index (χ4v) is 3.53. The number of benzene rings is 1. The van der Waals surface area contributed by atoms with Crippen molar-refractivity contribution in [1.29, 1.82) is 0 Å². The van der Waals surface area contributed by atoms with Crippen molar-refractivity contribution in [3.05, 3.63) is 53.9 Å². The molecule has 5 nitrogen and oxygen atoms in total. The number of rotatable bonds is 6. The molecule has 1 unspecified atom stereocenters. The Morgan fingerprint density at radius 1 is 1.31 bits per heavy atom. The van der Waals surface area contributed by atoms with Crippen LogP contribution in [-0.2, 0) is 0 Å². The third kappa shape index (κ3) is 4.68. The molecule has 0 radical (unpaired) electrons. The number of likely N-dealkylation sites (tertiary alicyclic amines) is 1. The summed E-state index contributed by atoms with van der Waals surface area (Å²) in [5.41, 5.74) is 4.01. The number of hydrogen-bond acceptors (Lipinski definition) is 4. The SMILES string of the molecule is Cc1cnccc1-c1ccc(C(=O)NCCN2CCCC(CO)C2)cc1. The number of nitrogens with zero attached hydrogens (tertiary/aromatic N) is 2. The summed E-state index contributed by atoms with van der Waals surface area (Å²) in [5.74, 6) is 0.336. The van der Waals surface area contributed by atoms with E-state index in [0.29, 0.717) is 18.0 Å². The molecule has 1 saturated heterocycles. The van der Waals surface area contributed by atoms with Crippen LogP contribution in [0.2, 0.25) is 0 Å². The average Bonchev–Trinajstić information content (AvgIpc) is 2.68. The molecule has 1 amide bonds. The third-order valence-electron chi connectivity index (χ3n) is 5.05. The number of aliphatic hydroxyl groups is 1. The molecule has 0 aliphatic carbocycles. The normalized spacial score (nSPS) is 17.8. The molecule has 3 rings (SSSR count). The highest BCUT2D eigenvalue weighted by molar-refractivity contribution is 5.94. The van der Waals surface area contributed by atoms with Crippen molar-refractivity contribution in [1.82, 2.24) is 15.2 Å². The maximum Gasteiger partial charge on any atom is 0.251 e. The first-order valence-corrected chi connectivity index (χ1v) is 9.30. The molecule has 0 saturated carbocycles. The maximum absolute atomic E-state index is 12.3. The summed E-state index contributed by atoms with van der Waals surface area (Å²) in [4.78, 5) is 18.8. The van der Waals surface area contributed by atoms with Crippen molar-refractivity contribution in [2.75, 3.05) is 32.8 Å². The number of carbonyl (C=O) groups excluding carboxylic acids is 1. The number of hydrogen-bond donors (Lipinski definition) is 2. The topological polar surface area (TPSA) is 65.5 Å². The third-order valence-corrected chi connectivity index (χ3v) is 5.05. The molecule has 0 bridgehead atoms. The lowest BCUT2D eigenvalue weighted by Gasteiger charge is -2.31. The molecule has 1 atom stereocenters. The average molecular weight is 353 g/mol. The van der Waals surface area contributed by atoms with Gasteiger partial charge in [-0.25, -0.2) is 0 Å². The highest BCUT2D eigenvalue weighted by Gasteiger charge is 2.18.